The number of anilines is 1. The lowest BCUT2D eigenvalue weighted by Gasteiger charge is -2.14. The van der Waals surface area contributed by atoms with Gasteiger partial charge in [0.25, 0.3) is 5.91 Å². The molecule has 0 spiro atoms. The molecule has 2 N–H and O–H groups in total. The monoisotopic (exact) mass is 376 g/mol. The molecule has 0 atom stereocenters. The summed E-state index contributed by atoms with van der Waals surface area (Å²) in [7, 11) is -2.41. The molecule has 0 radical (unpaired) electrons. The maximum Gasteiger partial charge on any atom is 0.255 e. The summed E-state index contributed by atoms with van der Waals surface area (Å²) in [5.41, 5.74) is 1.99. The van der Waals surface area contributed by atoms with Crippen molar-refractivity contribution in [3.05, 3.63) is 53.6 Å². The molecule has 6 nitrogen and oxygen atoms in total. The topological polar surface area (TPSA) is 84.5 Å². The van der Waals surface area contributed by atoms with Gasteiger partial charge in [0.1, 0.15) is 10.6 Å². The summed E-state index contributed by atoms with van der Waals surface area (Å²) in [4.78, 5) is 12.5. The number of benzene rings is 2. The molecule has 0 saturated heterocycles. The summed E-state index contributed by atoms with van der Waals surface area (Å²) in [6.45, 7) is 5.48. The number of hydrogen-bond donors (Lipinski definition) is 2. The number of rotatable bonds is 7. The van der Waals surface area contributed by atoms with Crippen LogP contribution in [0.3, 0.4) is 0 Å². The molecule has 26 heavy (non-hydrogen) atoms. The Hall–Kier alpha value is -2.38. The molecule has 0 aromatic heterocycles. The zero-order valence-electron chi connectivity index (χ0n) is 15.4. The number of carbonyl (C=O) groups excluding carboxylic acids is 1. The Labute approximate surface area is 154 Å². The van der Waals surface area contributed by atoms with Crippen molar-refractivity contribution in [1.29, 1.82) is 0 Å². The number of hydrogen-bond acceptors (Lipinski definition) is 4. The maximum absolute atomic E-state index is 12.5. The summed E-state index contributed by atoms with van der Waals surface area (Å²) < 4.78 is 32.7. The van der Waals surface area contributed by atoms with Crippen LogP contribution in [0.5, 0.6) is 5.75 Å². The molecule has 0 aliphatic carbocycles. The van der Waals surface area contributed by atoms with Crippen LogP contribution in [-0.2, 0) is 16.4 Å². The van der Waals surface area contributed by atoms with E-state index in [9.17, 15) is 13.2 Å². The number of amides is 1. The lowest BCUT2D eigenvalue weighted by Crippen LogP contribution is -2.30. The molecular weight excluding hydrogens is 352 g/mol. The van der Waals surface area contributed by atoms with Gasteiger partial charge in [0.2, 0.25) is 10.0 Å². The highest BCUT2D eigenvalue weighted by Gasteiger charge is 2.22. The molecule has 2 aromatic rings. The van der Waals surface area contributed by atoms with Crippen LogP contribution in [0.1, 0.15) is 36.7 Å². The minimum Gasteiger partial charge on any atom is -0.495 e. The lowest BCUT2D eigenvalue weighted by molar-refractivity contribution is 0.102. The number of sulfonamides is 1. The number of nitrogens with one attached hydrogen (secondary N) is 2. The van der Waals surface area contributed by atoms with Gasteiger partial charge in [-0.05, 0) is 56.2 Å². The SMILES string of the molecule is CCc1cccc(NC(=O)c2ccc(OC)c(S(=O)(=O)NC(C)C)c2)c1. The summed E-state index contributed by atoms with van der Waals surface area (Å²) in [6.07, 6.45) is 0.857. The van der Waals surface area contributed by atoms with Crippen molar-refractivity contribution in [2.24, 2.45) is 0 Å². The zero-order valence-corrected chi connectivity index (χ0v) is 16.2. The van der Waals surface area contributed by atoms with Gasteiger partial charge in [0, 0.05) is 17.3 Å². The first-order chi connectivity index (χ1) is 12.3. The fourth-order valence-corrected chi connectivity index (χ4v) is 3.92. The molecule has 140 valence electrons. The lowest BCUT2D eigenvalue weighted by atomic mass is 10.1. The van der Waals surface area contributed by atoms with Crippen molar-refractivity contribution in [2.75, 3.05) is 12.4 Å². The second kappa shape index (κ2) is 8.33. The molecule has 0 saturated carbocycles. The van der Waals surface area contributed by atoms with Crippen molar-refractivity contribution in [3.63, 3.8) is 0 Å². The third-order valence-electron chi connectivity index (χ3n) is 3.70. The molecule has 0 heterocycles. The Balaban J connectivity index is 2.35. The van der Waals surface area contributed by atoms with E-state index in [1.165, 1.54) is 25.3 Å². The quantitative estimate of drug-likeness (QED) is 0.777. The van der Waals surface area contributed by atoms with Gasteiger partial charge in [0.15, 0.2) is 0 Å². The molecule has 2 rings (SSSR count). The minimum absolute atomic E-state index is 0.0661. The Morgan fingerprint density at radius 3 is 2.50 bits per heavy atom. The van der Waals surface area contributed by atoms with Crippen LogP contribution in [0.25, 0.3) is 0 Å². The Morgan fingerprint density at radius 2 is 1.88 bits per heavy atom. The van der Waals surface area contributed by atoms with Crippen LogP contribution in [0, 0.1) is 0 Å². The predicted octanol–water partition coefficient (Wildman–Crippen LogP) is 3.20. The molecule has 0 fully saturated rings. The standard InChI is InChI=1S/C19H24N2O4S/c1-5-14-7-6-8-16(11-14)20-19(22)15-9-10-17(25-4)18(12-15)26(23,24)21-13(2)3/h6-13,21H,5H2,1-4H3,(H,20,22). The summed E-state index contributed by atoms with van der Waals surface area (Å²) in [6, 6.07) is 11.6. The van der Waals surface area contributed by atoms with E-state index in [1.807, 2.05) is 25.1 Å². The fourth-order valence-electron chi connectivity index (χ4n) is 2.47. The average Bonchev–Trinajstić information content (AvgIpc) is 2.60. The molecule has 7 heteroatoms. The Kier molecular flexibility index (Phi) is 6.39. The maximum atomic E-state index is 12.5. The van der Waals surface area contributed by atoms with Gasteiger partial charge in [0.05, 0.1) is 7.11 Å². The van der Waals surface area contributed by atoms with E-state index in [-0.39, 0.29) is 28.2 Å². The average molecular weight is 376 g/mol. The second-order valence-electron chi connectivity index (χ2n) is 6.15. The molecule has 0 bridgehead atoms. The van der Waals surface area contributed by atoms with Gasteiger partial charge in [-0.3, -0.25) is 4.79 Å². The summed E-state index contributed by atoms with van der Waals surface area (Å²) >= 11 is 0. The predicted molar refractivity (Wildman–Crippen MR) is 102 cm³/mol. The van der Waals surface area contributed by atoms with Crippen molar-refractivity contribution in [1.82, 2.24) is 4.72 Å². The van der Waals surface area contributed by atoms with Gasteiger partial charge in [-0.15, -0.1) is 0 Å². The Bertz CT molecular complexity index is 892. The van der Waals surface area contributed by atoms with Crippen LogP contribution in [0.4, 0.5) is 5.69 Å². The van der Waals surface area contributed by atoms with Crippen molar-refractivity contribution < 1.29 is 17.9 Å². The van der Waals surface area contributed by atoms with Crippen LogP contribution in [-0.4, -0.2) is 27.5 Å². The fraction of sp³-hybridized carbons (Fsp3) is 0.316. The van der Waals surface area contributed by atoms with Crippen molar-refractivity contribution in [2.45, 2.75) is 38.1 Å². The molecule has 0 aliphatic heterocycles. The van der Waals surface area contributed by atoms with E-state index in [1.54, 1.807) is 19.9 Å². The third-order valence-corrected chi connectivity index (χ3v) is 5.38. The van der Waals surface area contributed by atoms with Gasteiger partial charge in [-0.1, -0.05) is 19.1 Å². The molecule has 0 aliphatic rings. The highest BCUT2D eigenvalue weighted by Crippen LogP contribution is 2.25. The molecule has 2 aromatic carbocycles. The van der Waals surface area contributed by atoms with Crippen LogP contribution < -0.4 is 14.8 Å². The highest BCUT2D eigenvalue weighted by atomic mass is 32.2. The van der Waals surface area contributed by atoms with E-state index < -0.39 is 10.0 Å². The number of carbonyl (C=O) groups is 1. The Morgan fingerprint density at radius 1 is 1.15 bits per heavy atom. The van der Waals surface area contributed by atoms with Gasteiger partial charge in [-0.25, -0.2) is 13.1 Å². The van der Waals surface area contributed by atoms with Crippen molar-refractivity contribution in [3.8, 4) is 5.75 Å². The largest absolute Gasteiger partial charge is 0.495 e. The first-order valence-electron chi connectivity index (χ1n) is 8.37. The molecule has 1 amide bonds. The van der Waals surface area contributed by atoms with E-state index in [4.69, 9.17) is 4.74 Å². The smallest absolute Gasteiger partial charge is 0.255 e. The molecular formula is C19H24N2O4S. The van der Waals surface area contributed by atoms with E-state index in [0.717, 1.165) is 12.0 Å². The number of aryl methyl sites for hydroxylation is 1. The highest BCUT2D eigenvalue weighted by molar-refractivity contribution is 7.89. The minimum atomic E-state index is -3.80. The van der Waals surface area contributed by atoms with Gasteiger partial charge >= 0.3 is 0 Å². The first kappa shape index (κ1) is 19.9. The van der Waals surface area contributed by atoms with Crippen LogP contribution >= 0.6 is 0 Å². The van der Waals surface area contributed by atoms with E-state index in [0.29, 0.717) is 5.69 Å². The van der Waals surface area contributed by atoms with Crippen LogP contribution in [0.2, 0.25) is 0 Å². The third kappa shape index (κ3) is 4.83. The van der Waals surface area contributed by atoms with Gasteiger partial charge in [-0.2, -0.15) is 0 Å². The summed E-state index contributed by atoms with van der Waals surface area (Å²) in [5.74, 6) is -0.204. The summed E-state index contributed by atoms with van der Waals surface area (Å²) in [5, 5.41) is 2.79. The number of methoxy groups -OCH3 is 1. The first-order valence-corrected chi connectivity index (χ1v) is 9.85. The second-order valence-corrected chi connectivity index (χ2v) is 7.83. The van der Waals surface area contributed by atoms with E-state index >= 15 is 0 Å². The van der Waals surface area contributed by atoms with Crippen molar-refractivity contribution >= 4 is 21.6 Å². The van der Waals surface area contributed by atoms with Gasteiger partial charge < -0.3 is 10.1 Å². The zero-order chi connectivity index (χ0) is 19.3. The molecule has 0 unspecified atom stereocenters. The van der Waals surface area contributed by atoms with E-state index in [2.05, 4.69) is 10.0 Å². The number of ether oxygens (including phenoxy) is 1. The van der Waals surface area contributed by atoms with Crippen LogP contribution in [0.15, 0.2) is 47.4 Å². The normalized spacial score (nSPS) is 11.4.